The normalized spacial score (nSPS) is 11.0. The van der Waals surface area contributed by atoms with Crippen molar-refractivity contribution in [3.8, 4) is 0 Å². The molecule has 1 N–H and O–H groups in total. The van der Waals surface area contributed by atoms with Gasteiger partial charge >= 0.3 is 6.09 Å². The number of rotatable bonds is 0. The first-order valence-electron chi connectivity index (χ1n) is 4.72. The van der Waals surface area contributed by atoms with Crippen molar-refractivity contribution in [1.29, 1.82) is 0 Å². The second-order valence-corrected chi connectivity index (χ2v) is 3.44. The first-order valence-corrected chi connectivity index (χ1v) is 4.72. The average molecular weight is 213 g/mol. The minimum atomic E-state index is -1.10. The van der Waals surface area contributed by atoms with Crippen molar-refractivity contribution in [2.45, 2.75) is 0 Å². The van der Waals surface area contributed by atoms with Crippen LogP contribution in [-0.4, -0.2) is 26.0 Å². The molecule has 5 nitrogen and oxygen atoms in total. The number of nitrogens with zero attached hydrogens (tertiary/aromatic N) is 3. The number of hydrogen-bond acceptors (Lipinski definition) is 3. The van der Waals surface area contributed by atoms with Gasteiger partial charge in [-0.25, -0.2) is 4.79 Å². The Kier molecular flexibility index (Phi) is 1.67. The lowest BCUT2D eigenvalue weighted by atomic mass is 10.2. The van der Waals surface area contributed by atoms with Gasteiger partial charge in [0.2, 0.25) is 0 Å². The number of fused-ring (bicyclic) bond motifs is 3. The third-order valence-electron chi connectivity index (χ3n) is 2.44. The van der Waals surface area contributed by atoms with Crippen LogP contribution in [0.5, 0.6) is 0 Å². The summed E-state index contributed by atoms with van der Waals surface area (Å²) >= 11 is 0. The lowest BCUT2D eigenvalue weighted by Gasteiger charge is -1.95. The highest BCUT2D eigenvalue weighted by Crippen LogP contribution is 2.21. The largest absolute Gasteiger partial charge is 0.463 e. The van der Waals surface area contributed by atoms with Crippen LogP contribution in [0.1, 0.15) is 0 Å². The average Bonchev–Trinajstić information content (AvgIpc) is 2.73. The SMILES string of the molecule is O=C(O)n1cc2cnc3ccccc3c2n1. The van der Waals surface area contributed by atoms with E-state index in [0.717, 1.165) is 21.0 Å². The van der Waals surface area contributed by atoms with Gasteiger partial charge in [0, 0.05) is 23.2 Å². The Bertz CT molecular complexity index is 703. The van der Waals surface area contributed by atoms with Crippen molar-refractivity contribution in [1.82, 2.24) is 14.8 Å². The maximum absolute atomic E-state index is 10.8. The standard InChI is InChI=1S/C11H7N3O2/c15-11(16)14-6-7-5-12-9-4-2-1-3-8(9)10(7)13-14/h1-6H,(H,15,16). The number of carbonyl (C=O) groups is 1. The number of aromatic nitrogens is 3. The summed E-state index contributed by atoms with van der Waals surface area (Å²) in [7, 11) is 0. The van der Waals surface area contributed by atoms with Crippen molar-refractivity contribution < 1.29 is 9.90 Å². The number of hydrogen-bond donors (Lipinski definition) is 1. The molecule has 0 saturated heterocycles. The fourth-order valence-electron chi connectivity index (χ4n) is 1.71. The van der Waals surface area contributed by atoms with E-state index in [-0.39, 0.29) is 0 Å². The number of benzene rings is 1. The van der Waals surface area contributed by atoms with E-state index < -0.39 is 6.09 Å². The van der Waals surface area contributed by atoms with Crippen LogP contribution >= 0.6 is 0 Å². The second kappa shape index (κ2) is 3.03. The molecule has 3 aromatic rings. The summed E-state index contributed by atoms with van der Waals surface area (Å²) in [5.74, 6) is 0. The Morgan fingerprint density at radius 2 is 2.12 bits per heavy atom. The first kappa shape index (κ1) is 8.84. The van der Waals surface area contributed by atoms with Crippen LogP contribution < -0.4 is 0 Å². The zero-order chi connectivity index (χ0) is 11.1. The Morgan fingerprint density at radius 3 is 2.94 bits per heavy atom. The molecule has 0 aliphatic rings. The van der Waals surface area contributed by atoms with Gasteiger partial charge in [0.1, 0.15) is 5.52 Å². The van der Waals surface area contributed by atoms with Gasteiger partial charge in [-0.1, -0.05) is 18.2 Å². The minimum absolute atomic E-state index is 0.660. The number of pyridine rings is 1. The zero-order valence-electron chi connectivity index (χ0n) is 8.16. The summed E-state index contributed by atoms with van der Waals surface area (Å²) in [4.78, 5) is 15.0. The molecular weight excluding hydrogens is 206 g/mol. The molecule has 0 saturated carbocycles. The molecule has 1 aromatic carbocycles. The molecule has 0 unspecified atom stereocenters. The van der Waals surface area contributed by atoms with Crippen LogP contribution in [0.25, 0.3) is 21.8 Å². The Hall–Kier alpha value is -2.43. The van der Waals surface area contributed by atoms with Crippen molar-refractivity contribution in [3.05, 3.63) is 36.7 Å². The Balaban J connectivity index is 2.46. The highest BCUT2D eigenvalue weighted by atomic mass is 16.4. The zero-order valence-corrected chi connectivity index (χ0v) is 8.16. The predicted octanol–water partition coefficient (Wildman–Crippen LogP) is 2.11. The third-order valence-corrected chi connectivity index (χ3v) is 2.44. The molecule has 0 aliphatic carbocycles. The van der Waals surface area contributed by atoms with E-state index >= 15 is 0 Å². The van der Waals surface area contributed by atoms with Gasteiger partial charge in [0.25, 0.3) is 0 Å². The lowest BCUT2D eigenvalue weighted by Crippen LogP contribution is -2.07. The molecule has 2 aromatic heterocycles. The predicted molar refractivity (Wildman–Crippen MR) is 58.5 cm³/mol. The van der Waals surface area contributed by atoms with Crippen LogP contribution in [-0.2, 0) is 0 Å². The molecule has 0 radical (unpaired) electrons. The van der Waals surface area contributed by atoms with E-state index in [4.69, 9.17) is 5.11 Å². The van der Waals surface area contributed by atoms with Gasteiger partial charge in [-0.3, -0.25) is 4.98 Å². The van der Waals surface area contributed by atoms with E-state index in [9.17, 15) is 4.79 Å². The van der Waals surface area contributed by atoms with Crippen molar-refractivity contribution in [2.75, 3.05) is 0 Å². The third kappa shape index (κ3) is 1.15. The lowest BCUT2D eigenvalue weighted by molar-refractivity contribution is 0.193. The summed E-state index contributed by atoms with van der Waals surface area (Å²) in [5, 5.41) is 14.4. The maximum Gasteiger partial charge on any atom is 0.432 e. The van der Waals surface area contributed by atoms with Crippen molar-refractivity contribution in [2.24, 2.45) is 0 Å². The minimum Gasteiger partial charge on any atom is -0.463 e. The Morgan fingerprint density at radius 1 is 1.31 bits per heavy atom. The Labute approximate surface area is 89.9 Å². The molecule has 0 atom stereocenters. The molecule has 78 valence electrons. The monoisotopic (exact) mass is 213 g/mol. The van der Waals surface area contributed by atoms with Gasteiger partial charge in [0.05, 0.1) is 5.52 Å². The second-order valence-electron chi connectivity index (χ2n) is 3.44. The van der Waals surface area contributed by atoms with E-state index in [0.29, 0.717) is 5.52 Å². The summed E-state index contributed by atoms with van der Waals surface area (Å²) < 4.78 is 0.902. The van der Waals surface area contributed by atoms with Gasteiger partial charge in [0.15, 0.2) is 0 Å². The number of carboxylic acid groups (broad SMARTS) is 1. The van der Waals surface area contributed by atoms with E-state index in [2.05, 4.69) is 10.1 Å². The molecule has 0 aliphatic heterocycles. The van der Waals surface area contributed by atoms with Gasteiger partial charge in [-0.15, -0.1) is 0 Å². The van der Waals surface area contributed by atoms with E-state index in [1.54, 1.807) is 6.20 Å². The molecule has 16 heavy (non-hydrogen) atoms. The summed E-state index contributed by atoms with van der Waals surface area (Å²) in [5.41, 5.74) is 1.47. The van der Waals surface area contributed by atoms with Crippen LogP contribution in [0.3, 0.4) is 0 Å². The molecular formula is C11H7N3O2. The maximum atomic E-state index is 10.8. The quantitative estimate of drug-likeness (QED) is 0.621. The van der Waals surface area contributed by atoms with Crippen LogP contribution in [0, 0.1) is 0 Å². The highest BCUT2D eigenvalue weighted by molar-refractivity contribution is 6.03. The van der Waals surface area contributed by atoms with E-state index in [1.807, 2.05) is 24.3 Å². The molecule has 0 spiro atoms. The van der Waals surface area contributed by atoms with Crippen molar-refractivity contribution >= 4 is 27.9 Å². The van der Waals surface area contributed by atoms with Crippen LogP contribution in [0.15, 0.2) is 36.7 Å². The summed E-state index contributed by atoms with van der Waals surface area (Å²) in [6.45, 7) is 0. The van der Waals surface area contributed by atoms with Crippen molar-refractivity contribution in [3.63, 3.8) is 0 Å². The number of para-hydroxylation sites is 1. The molecule has 0 bridgehead atoms. The molecule has 2 heterocycles. The summed E-state index contributed by atoms with van der Waals surface area (Å²) in [6, 6.07) is 7.51. The first-order chi connectivity index (χ1) is 7.75. The fourth-order valence-corrected chi connectivity index (χ4v) is 1.71. The van der Waals surface area contributed by atoms with Gasteiger partial charge in [-0.2, -0.15) is 9.78 Å². The van der Waals surface area contributed by atoms with Gasteiger partial charge < -0.3 is 5.11 Å². The molecule has 0 amide bonds. The van der Waals surface area contributed by atoms with Crippen LogP contribution in [0.4, 0.5) is 4.79 Å². The molecule has 5 heteroatoms. The molecule has 0 fully saturated rings. The van der Waals surface area contributed by atoms with E-state index in [1.165, 1.54) is 6.20 Å². The highest BCUT2D eigenvalue weighted by Gasteiger charge is 2.08. The smallest absolute Gasteiger partial charge is 0.432 e. The summed E-state index contributed by atoms with van der Waals surface area (Å²) in [6.07, 6.45) is 1.99. The fraction of sp³-hybridized carbons (Fsp3) is 0. The molecule has 3 rings (SSSR count). The van der Waals surface area contributed by atoms with Gasteiger partial charge in [-0.05, 0) is 6.07 Å². The topological polar surface area (TPSA) is 68.0 Å². The van der Waals surface area contributed by atoms with Crippen LogP contribution in [0.2, 0.25) is 0 Å².